The van der Waals surface area contributed by atoms with E-state index in [1.807, 2.05) is 18.2 Å². The normalized spacial score (nSPS) is 14.6. The van der Waals surface area contributed by atoms with Gasteiger partial charge in [-0.3, -0.25) is 19.4 Å². The molecule has 0 radical (unpaired) electrons. The first kappa shape index (κ1) is 45.2. The van der Waals surface area contributed by atoms with Crippen LogP contribution >= 0.6 is 31.9 Å². The van der Waals surface area contributed by atoms with E-state index in [0.717, 1.165) is 40.2 Å². The van der Waals surface area contributed by atoms with E-state index in [-0.39, 0.29) is 31.3 Å². The largest absolute Gasteiger partial charge is 0.490 e. The molecule has 1 heterocycles. The number of hydrogen-bond donors (Lipinski definition) is 4. The number of urea groups is 1. The lowest BCUT2D eigenvalue weighted by Crippen LogP contribution is -2.66. The van der Waals surface area contributed by atoms with Gasteiger partial charge in [-0.05, 0) is 75.4 Å². The first-order valence-corrected chi connectivity index (χ1v) is 16.4. The first-order valence-electron chi connectivity index (χ1n) is 14.8. The Morgan fingerprint density at radius 2 is 1.12 bits per heavy atom. The van der Waals surface area contributed by atoms with Crippen LogP contribution in [0, 0.1) is 5.41 Å². The second-order valence-corrected chi connectivity index (χ2v) is 12.5. The zero-order valence-corrected chi connectivity index (χ0v) is 29.3. The monoisotopic (exact) mass is 828 g/mol. The summed E-state index contributed by atoms with van der Waals surface area (Å²) in [5, 5.41) is 14.2. The fraction of sp³-hybridized carbons (Fsp3) is 0.621. The molecule has 0 spiro atoms. The molecule has 1 saturated heterocycles. The fourth-order valence-electron chi connectivity index (χ4n) is 4.52. The van der Waals surface area contributed by atoms with Crippen LogP contribution in [0.5, 0.6) is 0 Å². The Hall–Kier alpha value is -2.77. The molecule has 0 bridgehead atoms. The number of alkyl halides is 6. The Morgan fingerprint density at radius 3 is 1.46 bits per heavy atom. The number of imide groups is 2. The van der Waals surface area contributed by atoms with Crippen molar-refractivity contribution in [1.29, 1.82) is 0 Å². The van der Waals surface area contributed by atoms with E-state index in [4.69, 9.17) is 31.3 Å². The molecular formula is C29H40Br2F6N4O7. The van der Waals surface area contributed by atoms with Gasteiger partial charge in [0.1, 0.15) is 5.41 Å². The third-order valence-corrected chi connectivity index (χ3v) is 7.73. The number of rotatable bonds is 15. The molecule has 1 aliphatic rings. The van der Waals surface area contributed by atoms with Crippen molar-refractivity contribution in [1.82, 2.24) is 9.80 Å². The van der Waals surface area contributed by atoms with Crippen molar-refractivity contribution in [2.45, 2.75) is 83.5 Å². The number of nitrogens with two attached hydrogens (primary N) is 2. The quantitative estimate of drug-likeness (QED) is 0.0902. The van der Waals surface area contributed by atoms with Crippen molar-refractivity contribution in [2.75, 3.05) is 26.2 Å². The van der Waals surface area contributed by atoms with Crippen molar-refractivity contribution in [2.24, 2.45) is 16.9 Å². The summed E-state index contributed by atoms with van der Waals surface area (Å²) < 4.78 is 65.2. The summed E-state index contributed by atoms with van der Waals surface area (Å²) in [6, 6.07) is 5.28. The Kier molecular flexibility index (Phi) is 20.1. The number of aliphatic carboxylic acids is 2. The lowest BCUT2D eigenvalue weighted by molar-refractivity contribution is -0.193. The number of amides is 4. The van der Waals surface area contributed by atoms with Crippen LogP contribution in [-0.2, 0) is 25.6 Å². The fourth-order valence-corrected chi connectivity index (χ4v) is 5.91. The van der Waals surface area contributed by atoms with E-state index >= 15 is 0 Å². The third-order valence-electron chi connectivity index (χ3n) is 6.81. The standard InChI is InChI=1S/C25H38Br2N4O3.2C2HF3O2/c1-2-3-4-5-10-25(18-19-15-20(26)17-21(27)16-19)22(32)30(13-8-6-11-28)24(34)31(23(25)33)14-9-7-12-29;2*3-2(4,5)1(6)7/h15-17H,2-14,18,28-29H2,1H3;2*(H,6,7). The van der Waals surface area contributed by atoms with Crippen LogP contribution in [-0.4, -0.2) is 88.3 Å². The molecule has 0 aromatic heterocycles. The van der Waals surface area contributed by atoms with E-state index in [0.29, 0.717) is 45.2 Å². The van der Waals surface area contributed by atoms with Crippen LogP contribution in [0.3, 0.4) is 0 Å². The molecule has 0 aliphatic carbocycles. The molecule has 11 nitrogen and oxygen atoms in total. The summed E-state index contributed by atoms with van der Waals surface area (Å²) in [6.45, 7) is 3.65. The SMILES string of the molecule is CCCCCCC1(Cc2cc(Br)cc(Br)c2)C(=O)N(CCCCN)C(=O)N(CCCCN)C1=O.O=C(O)C(F)(F)F.O=C(O)C(F)(F)F. The number of barbiturate groups is 1. The van der Waals surface area contributed by atoms with E-state index in [9.17, 15) is 40.7 Å². The Morgan fingerprint density at radius 1 is 0.729 bits per heavy atom. The van der Waals surface area contributed by atoms with Crippen molar-refractivity contribution in [3.05, 3.63) is 32.7 Å². The summed E-state index contributed by atoms with van der Waals surface area (Å²) in [4.78, 5) is 61.6. The van der Waals surface area contributed by atoms with Gasteiger partial charge in [0.2, 0.25) is 11.8 Å². The molecule has 1 aromatic rings. The zero-order valence-electron chi connectivity index (χ0n) is 26.1. The number of unbranched alkanes of at least 4 members (excludes halogenated alkanes) is 5. The summed E-state index contributed by atoms with van der Waals surface area (Å²) in [7, 11) is 0. The van der Waals surface area contributed by atoms with Gasteiger partial charge in [-0.1, -0.05) is 64.5 Å². The predicted octanol–water partition coefficient (Wildman–Crippen LogP) is 6.25. The molecule has 48 heavy (non-hydrogen) atoms. The molecular weight excluding hydrogens is 790 g/mol. The molecule has 0 atom stereocenters. The number of nitrogens with zero attached hydrogens (tertiary/aromatic N) is 2. The van der Waals surface area contributed by atoms with Gasteiger partial charge in [0, 0.05) is 22.0 Å². The van der Waals surface area contributed by atoms with Crippen LogP contribution in [0.4, 0.5) is 31.1 Å². The summed E-state index contributed by atoms with van der Waals surface area (Å²) in [5.74, 6) is -6.26. The zero-order chi connectivity index (χ0) is 37.3. The summed E-state index contributed by atoms with van der Waals surface area (Å²) in [5.41, 5.74) is 10.9. The highest BCUT2D eigenvalue weighted by Gasteiger charge is 2.56. The van der Waals surface area contributed by atoms with E-state index in [1.165, 1.54) is 9.80 Å². The number of benzene rings is 1. The predicted molar refractivity (Wildman–Crippen MR) is 170 cm³/mol. The minimum atomic E-state index is -5.08. The summed E-state index contributed by atoms with van der Waals surface area (Å²) in [6.07, 6.45) is -3.05. The molecule has 274 valence electrons. The molecule has 19 heteroatoms. The lowest BCUT2D eigenvalue weighted by Gasteiger charge is -2.44. The van der Waals surface area contributed by atoms with Gasteiger partial charge in [0.25, 0.3) is 0 Å². The Bertz CT molecular complexity index is 1160. The Labute approximate surface area is 290 Å². The maximum atomic E-state index is 14.0. The van der Waals surface area contributed by atoms with Gasteiger partial charge in [-0.2, -0.15) is 26.3 Å². The summed E-state index contributed by atoms with van der Waals surface area (Å²) >= 11 is 7.04. The van der Waals surface area contributed by atoms with Crippen LogP contribution in [0.1, 0.15) is 70.3 Å². The number of carboxylic acid groups (broad SMARTS) is 2. The van der Waals surface area contributed by atoms with Crippen LogP contribution in [0.25, 0.3) is 0 Å². The number of carbonyl (C=O) groups excluding carboxylic acids is 3. The highest BCUT2D eigenvalue weighted by molar-refractivity contribution is 9.11. The Balaban J connectivity index is 0.00000131. The van der Waals surface area contributed by atoms with Crippen molar-refractivity contribution >= 4 is 61.6 Å². The molecule has 2 rings (SSSR count). The minimum absolute atomic E-state index is 0.253. The molecule has 0 saturated carbocycles. The number of hydrogen-bond acceptors (Lipinski definition) is 7. The van der Waals surface area contributed by atoms with Crippen molar-refractivity contribution in [3.63, 3.8) is 0 Å². The minimum Gasteiger partial charge on any atom is -0.475 e. The maximum Gasteiger partial charge on any atom is 0.490 e. The maximum absolute atomic E-state index is 14.0. The van der Waals surface area contributed by atoms with Crippen LogP contribution < -0.4 is 11.5 Å². The molecule has 1 fully saturated rings. The molecule has 0 unspecified atom stereocenters. The highest BCUT2D eigenvalue weighted by atomic mass is 79.9. The van der Waals surface area contributed by atoms with Gasteiger partial charge in [0.15, 0.2) is 0 Å². The number of halogens is 8. The van der Waals surface area contributed by atoms with Crippen molar-refractivity contribution < 1.29 is 60.5 Å². The number of carboxylic acids is 2. The van der Waals surface area contributed by atoms with Crippen LogP contribution in [0.15, 0.2) is 27.1 Å². The molecule has 1 aromatic carbocycles. The molecule has 4 amide bonds. The average molecular weight is 830 g/mol. The average Bonchev–Trinajstić information content (AvgIpc) is 2.97. The number of carbonyl (C=O) groups is 5. The van der Waals surface area contributed by atoms with Crippen LogP contribution in [0.2, 0.25) is 0 Å². The lowest BCUT2D eigenvalue weighted by atomic mass is 9.73. The van der Waals surface area contributed by atoms with Gasteiger partial charge in [-0.25, -0.2) is 14.4 Å². The molecule has 6 N–H and O–H groups in total. The highest BCUT2D eigenvalue weighted by Crippen LogP contribution is 2.39. The first-order chi connectivity index (χ1) is 22.2. The van der Waals surface area contributed by atoms with Gasteiger partial charge in [0.05, 0.1) is 0 Å². The van der Waals surface area contributed by atoms with Crippen molar-refractivity contribution in [3.8, 4) is 0 Å². The van der Waals surface area contributed by atoms with E-state index in [1.54, 1.807) is 0 Å². The second-order valence-electron chi connectivity index (χ2n) is 10.6. The van der Waals surface area contributed by atoms with Gasteiger partial charge < -0.3 is 21.7 Å². The third kappa shape index (κ3) is 15.2. The second kappa shape index (κ2) is 21.3. The van der Waals surface area contributed by atoms with Gasteiger partial charge in [-0.15, -0.1) is 0 Å². The van der Waals surface area contributed by atoms with E-state index < -0.39 is 35.7 Å². The van der Waals surface area contributed by atoms with E-state index in [2.05, 4.69) is 38.8 Å². The van der Waals surface area contributed by atoms with Gasteiger partial charge >= 0.3 is 30.3 Å². The topological polar surface area (TPSA) is 184 Å². The molecule has 1 aliphatic heterocycles. The smallest absolute Gasteiger partial charge is 0.475 e.